The quantitative estimate of drug-likeness (QED) is 0.575. The first-order valence-electron chi connectivity index (χ1n) is 2.21. The zero-order chi connectivity index (χ0) is 6.85. The third-order valence-electron chi connectivity index (χ3n) is 0.795. The van der Waals surface area contributed by atoms with Crippen LogP contribution >= 0.6 is 45.2 Å². The summed E-state index contributed by atoms with van der Waals surface area (Å²) in [6.07, 6.45) is 0. The Hall–Kier alpha value is 0.410. The van der Waals surface area contributed by atoms with Crippen molar-refractivity contribution < 1.29 is 5.11 Å². The molecule has 0 amide bonds. The molecule has 0 aliphatic carbocycles. The zero-order valence-electron chi connectivity index (χ0n) is 4.31. The number of halogens is 2. The molecule has 0 saturated carbocycles. The van der Waals surface area contributed by atoms with Gasteiger partial charge in [-0.25, -0.2) is 4.98 Å². The van der Waals surface area contributed by atoms with Crippen LogP contribution in [0.3, 0.4) is 0 Å². The maximum Gasteiger partial charge on any atom is 0.147 e. The van der Waals surface area contributed by atoms with Crippen LogP contribution in [0.15, 0.2) is 12.1 Å². The molecule has 1 N–H and O–H groups in total. The van der Waals surface area contributed by atoms with E-state index in [1.807, 2.05) is 22.6 Å². The lowest BCUT2D eigenvalue weighted by molar-refractivity contribution is 0.467. The van der Waals surface area contributed by atoms with Gasteiger partial charge in [0.1, 0.15) is 13.2 Å². The second-order valence-corrected chi connectivity index (χ2v) is 3.57. The Balaban J connectivity index is 3.17. The van der Waals surface area contributed by atoms with Crippen molar-refractivity contribution >= 4 is 45.2 Å². The van der Waals surface area contributed by atoms with Gasteiger partial charge >= 0.3 is 0 Å². The van der Waals surface area contributed by atoms with Crippen molar-refractivity contribution in [1.82, 2.24) is 4.98 Å². The predicted molar refractivity (Wildman–Crippen MR) is 51.3 cm³/mol. The number of rotatable bonds is 0. The van der Waals surface area contributed by atoms with Crippen molar-refractivity contribution in [3.8, 4) is 5.75 Å². The lowest BCUT2D eigenvalue weighted by Crippen LogP contribution is -1.83. The minimum atomic E-state index is 0.246. The molecule has 0 radical (unpaired) electrons. The summed E-state index contributed by atoms with van der Waals surface area (Å²) >= 11 is 4.08. The monoisotopic (exact) mass is 347 g/mol. The first-order chi connectivity index (χ1) is 4.20. The van der Waals surface area contributed by atoms with Crippen LogP contribution in [0.5, 0.6) is 5.75 Å². The van der Waals surface area contributed by atoms with E-state index in [-0.39, 0.29) is 5.75 Å². The van der Waals surface area contributed by atoms with Crippen LogP contribution in [0.4, 0.5) is 0 Å². The number of pyridine rings is 1. The summed E-state index contributed by atoms with van der Waals surface area (Å²) in [5.41, 5.74) is 0. The highest BCUT2D eigenvalue weighted by atomic mass is 127. The molecule has 1 aromatic heterocycles. The number of hydrogen-bond donors (Lipinski definition) is 1. The molecule has 0 aromatic carbocycles. The summed E-state index contributed by atoms with van der Waals surface area (Å²) in [5, 5.41) is 8.97. The van der Waals surface area contributed by atoms with Gasteiger partial charge in [0.2, 0.25) is 0 Å². The van der Waals surface area contributed by atoms with Crippen molar-refractivity contribution in [2.24, 2.45) is 0 Å². The molecule has 0 bridgehead atoms. The van der Waals surface area contributed by atoms with E-state index in [2.05, 4.69) is 27.6 Å². The molecule has 2 nitrogen and oxygen atoms in total. The van der Waals surface area contributed by atoms with Gasteiger partial charge in [0.05, 0.1) is 0 Å². The van der Waals surface area contributed by atoms with E-state index < -0.39 is 0 Å². The van der Waals surface area contributed by atoms with Crippen LogP contribution in [0, 0.1) is 7.40 Å². The largest absolute Gasteiger partial charge is 0.505 e. The fraction of sp³-hybridized carbons (Fsp3) is 0. The van der Waals surface area contributed by atoms with Crippen LogP contribution in [-0.2, 0) is 0 Å². The lowest BCUT2D eigenvalue weighted by atomic mass is 10.5. The minimum Gasteiger partial charge on any atom is -0.505 e. The molecule has 9 heavy (non-hydrogen) atoms. The summed E-state index contributed by atoms with van der Waals surface area (Å²) in [5.74, 6) is 0.246. The van der Waals surface area contributed by atoms with Crippen molar-refractivity contribution in [3.05, 3.63) is 19.5 Å². The van der Waals surface area contributed by atoms with Crippen LogP contribution in [0.25, 0.3) is 0 Å². The van der Waals surface area contributed by atoms with Gasteiger partial charge < -0.3 is 5.11 Å². The zero-order valence-corrected chi connectivity index (χ0v) is 8.62. The van der Waals surface area contributed by atoms with Crippen LogP contribution < -0.4 is 0 Å². The molecule has 0 aliphatic heterocycles. The van der Waals surface area contributed by atoms with E-state index in [1.54, 1.807) is 12.1 Å². The first kappa shape index (κ1) is 7.52. The molecule has 0 atom stereocenters. The molecule has 0 spiro atoms. The Bertz CT molecular complexity index is 226. The smallest absolute Gasteiger partial charge is 0.147 e. The topological polar surface area (TPSA) is 33.1 Å². The predicted octanol–water partition coefficient (Wildman–Crippen LogP) is 2.00. The van der Waals surface area contributed by atoms with Gasteiger partial charge in [-0.1, -0.05) is 0 Å². The lowest BCUT2D eigenvalue weighted by Gasteiger charge is -1.93. The average molecular weight is 347 g/mol. The molecule has 0 fully saturated rings. The number of aromatic hydroxyl groups is 1. The second-order valence-electron chi connectivity index (χ2n) is 1.44. The standard InChI is InChI=1S/C5H3I2NO/c6-4-2-1-3(9)5(7)8-4/h1-2,9H. The molecule has 1 rings (SSSR count). The second kappa shape index (κ2) is 3.00. The Morgan fingerprint density at radius 2 is 2.00 bits per heavy atom. The van der Waals surface area contributed by atoms with Crippen molar-refractivity contribution in [3.63, 3.8) is 0 Å². The van der Waals surface area contributed by atoms with Gasteiger partial charge in [-0.15, -0.1) is 0 Å². The van der Waals surface area contributed by atoms with E-state index in [1.165, 1.54) is 0 Å². The Morgan fingerprint density at radius 3 is 2.44 bits per heavy atom. The van der Waals surface area contributed by atoms with Gasteiger partial charge in [0, 0.05) is 0 Å². The summed E-state index contributed by atoms with van der Waals surface area (Å²) in [4.78, 5) is 4.00. The molecule has 0 unspecified atom stereocenters. The van der Waals surface area contributed by atoms with Crippen LogP contribution in [0.2, 0.25) is 0 Å². The van der Waals surface area contributed by atoms with E-state index in [9.17, 15) is 0 Å². The first-order valence-corrected chi connectivity index (χ1v) is 4.37. The normalized spacial score (nSPS) is 9.56. The molecule has 1 aromatic rings. The van der Waals surface area contributed by atoms with Crippen LogP contribution in [0.1, 0.15) is 0 Å². The number of aromatic nitrogens is 1. The third-order valence-corrected chi connectivity index (χ3v) is 2.19. The van der Waals surface area contributed by atoms with Crippen molar-refractivity contribution in [1.29, 1.82) is 0 Å². The fourth-order valence-electron chi connectivity index (χ4n) is 0.405. The summed E-state index contributed by atoms with van der Waals surface area (Å²) in [7, 11) is 0. The van der Waals surface area contributed by atoms with Gasteiger partial charge in [0.25, 0.3) is 0 Å². The van der Waals surface area contributed by atoms with Crippen LogP contribution in [-0.4, -0.2) is 10.1 Å². The Labute approximate surface area is 80.0 Å². The summed E-state index contributed by atoms with van der Waals surface area (Å²) < 4.78 is 1.55. The van der Waals surface area contributed by atoms with Gasteiger partial charge in [-0.05, 0) is 57.3 Å². The maximum atomic E-state index is 8.97. The molecule has 0 aliphatic rings. The summed E-state index contributed by atoms with van der Waals surface area (Å²) in [6, 6.07) is 3.40. The summed E-state index contributed by atoms with van der Waals surface area (Å²) in [6.45, 7) is 0. The molecular weight excluding hydrogens is 344 g/mol. The van der Waals surface area contributed by atoms with Crippen molar-refractivity contribution in [2.75, 3.05) is 0 Å². The average Bonchev–Trinajstić information content (AvgIpc) is 1.80. The highest BCUT2D eigenvalue weighted by Crippen LogP contribution is 2.16. The number of nitrogens with zero attached hydrogens (tertiary/aromatic N) is 1. The molecule has 1 heterocycles. The molecule has 0 saturated heterocycles. The highest BCUT2D eigenvalue weighted by Gasteiger charge is 1.96. The SMILES string of the molecule is Oc1ccc(I)nc1I. The number of hydrogen-bond acceptors (Lipinski definition) is 2. The van der Waals surface area contributed by atoms with E-state index in [0.29, 0.717) is 3.70 Å². The Morgan fingerprint density at radius 1 is 1.33 bits per heavy atom. The van der Waals surface area contributed by atoms with E-state index in [4.69, 9.17) is 5.11 Å². The maximum absolute atomic E-state index is 8.97. The van der Waals surface area contributed by atoms with Gasteiger partial charge in [-0.3, -0.25) is 0 Å². The van der Waals surface area contributed by atoms with Gasteiger partial charge in [-0.2, -0.15) is 0 Å². The third kappa shape index (κ3) is 1.92. The van der Waals surface area contributed by atoms with Gasteiger partial charge in [0.15, 0.2) is 0 Å². The fourth-order valence-corrected chi connectivity index (χ4v) is 1.73. The molecule has 4 heteroatoms. The van der Waals surface area contributed by atoms with E-state index >= 15 is 0 Å². The highest BCUT2D eigenvalue weighted by molar-refractivity contribution is 14.1. The van der Waals surface area contributed by atoms with E-state index in [0.717, 1.165) is 3.70 Å². The van der Waals surface area contributed by atoms with Crippen molar-refractivity contribution in [2.45, 2.75) is 0 Å². The molecule has 48 valence electrons. The Kier molecular flexibility index (Phi) is 2.50. The molecular formula is C5H3I2NO. The minimum absolute atomic E-state index is 0.246.